The van der Waals surface area contributed by atoms with Crippen molar-refractivity contribution < 1.29 is 9.53 Å². The molecule has 1 aliphatic heterocycles. The molecule has 0 aromatic heterocycles. The van der Waals surface area contributed by atoms with Crippen molar-refractivity contribution >= 4 is 18.4 Å². The van der Waals surface area contributed by atoms with Gasteiger partial charge in [-0.15, -0.1) is 12.4 Å². The predicted octanol–water partition coefficient (Wildman–Crippen LogP) is 0.971. The third-order valence-corrected chi connectivity index (χ3v) is 2.14. The number of halogens is 1. The standard InChI is InChI=1S/C8H15NO2.ClH/c1-11-8(10)6-7-2-4-9-5-3-7;/h7,9H,2-6H2,1H3;1H. The highest BCUT2D eigenvalue weighted by Crippen LogP contribution is 2.15. The van der Waals surface area contributed by atoms with Crippen molar-refractivity contribution in [2.45, 2.75) is 19.3 Å². The second-order valence-electron chi connectivity index (χ2n) is 2.97. The Balaban J connectivity index is 0.00000121. The molecule has 1 fully saturated rings. The lowest BCUT2D eigenvalue weighted by atomic mass is 9.95. The lowest BCUT2D eigenvalue weighted by molar-refractivity contribution is -0.141. The van der Waals surface area contributed by atoms with E-state index in [1.54, 1.807) is 0 Å². The maximum absolute atomic E-state index is 10.8. The molecule has 1 saturated heterocycles. The monoisotopic (exact) mass is 193 g/mol. The number of nitrogens with one attached hydrogen (secondary N) is 1. The van der Waals surface area contributed by atoms with E-state index in [1.165, 1.54) is 7.11 Å². The highest BCUT2D eigenvalue weighted by molar-refractivity contribution is 5.85. The van der Waals surface area contributed by atoms with Crippen molar-refractivity contribution in [3.05, 3.63) is 0 Å². The van der Waals surface area contributed by atoms with Crippen LogP contribution < -0.4 is 5.32 Å². The van der Waals surface area contributed by atoms with Gasteiger partial charge in [0.25, 0.3) is 0 Å². The van der Waals surface area contributed by atoms with Crippen LogP contribution in [-0.2, 0) is 9.53 Å². The van der Waals surface area contributed by atoms with Crippen molar-refractivity contribution in [2.24, 2.45) is 5.92 Å². The molecule has 0 aromatic rings. The third-order valence-electron chi connectivity index (χ3n) is 2.14. The van der Waals surface area contributed by atoms with Crippen LogP contribution in [0.25, 0.3) is 0 Å². The van der Waals surface area contributed by atoms with Crippen LogP contribution in [0.2, 0.25) is 0 Å². The van der Waals surface area contributed by atoms with Crippen molar-refractivity contribution in [2.75, 3.05) is 20.2 Å². The molecule has 1 rings (SSSR count). The van der Waals surface area contributed by atoms with Gasteiger partial charge in [-0.25, -0.2) is 0 Å². The number of carbonyl (C=O) groups is 1. The molecular weight excluding hydrogens is 178 g/mol. The Morgan fingerprint density at radius 3 is 2.58 bits per heavy atom. The third kappa shape index (κ3) is 3.93. The normalized spacial score (nSPS) is 18.1. The quantitative estimate of drug-likeness (QED) is 0.665. The van der Waals surface area contributed by atoms with E-state index in [0.717, 1.165) is 25.9 Å². The molecule has 0 aliphatic carbocycles. The summed E-state index contributed by atoms with van der Waals surface area (Å²) in [5.74, 6) is 0.473. The highest BCUT2D eigenvalue weighted by Gasteiger charge is 2.16. The Kier molecular flexibility index (Phi) is 6.11. The van der Waals surface area contributed by atoms with Crippen molar-refractivity contribution in [3.63, 3.8) is 0 Å². The molecule has 0 unspecified atom stereocenters. The maximum atomic E-state index is 10.8. The molecule has 0 amide bonds. The average Bonchev–Trinajstić information content (AvgIpc) is 2.06. The van der Waals surface area contributed by atoms with Gasteiger partial charge in [-0.05, 0) is 31.8 Å². The molecular formula is C8H16ClNO2. The fourth-order valence-electron chi connectivity index (χ4n) is 1.40. The molecule has 72 valence electrons. The summed E-state index contributed by atoms with van der Waals surface area (Å²) in [7, 11) is 1.45. The van der Waals surface area contributed by atoms with E-state index in [1.807, 2.05) is 0 Å². The summed E-state index contributed by atoms with van der Waals surface area (Å²) in [6.45, 7) is 2.09. The topological polar surface area (TPSA) is 38.3 Å². The van der Waals surface area contributed by atoms with Gasteiger partial charge in [-0.3, -0.25) is 4.79 Å². The van der Waals surface area contributed by atoms with E-state index in [9.17, 15) is 4.79 Å². The Hall–Kier alpha value is -0.280. The first-order valence-corrected chi connectivity index (χ1v) is 4.10. The summed E-state index contributed by atoms with van der Waals surface area (Å²) in [5, 5.41) is 3.25. The van der Waals surface area contributed by atoms with E-state index in [0.29, 0.717) is 12.3 Å². The van der Waals surface area contributed by atoms with Crippen LogP contribution >= 0.6 is 12.4 Å². The number of carbonyl (C=O) groups excluding carboxylic acids is 1. The molecule has 3 nitrogen and oxygen atoms in total. The van der Waals surface area contributed by atoms with Crippen molar-refractivity contribution in [1.29, 1.82) is 0 Å². The Morgan fingerprint density at radius 1 is 1.50 bits per heavy atom. The summed E-state index contributed by atoms with van der Waals surface area (Å²) in [4.78, 5) is 10.8. The Bertz CT molecular complexity index is 135. The van der Waals surface area contributed by atoms with Crippen molar-refractivity contribution in [1.82, 2.24) is 5.32 Å². The second kappa shape index (κ2) is 6.26. The number of rotatable bonds is 2. The van der Waals surface area contributed by atoms with E-state index in [-0.39, 0.29) is 18.4 Å². The number of hydrogen-bond acceptors (Lipinski definition) is 3. The zero-order chi connectivity index (χ0) is 8.10. The van der Waals surface area contributed by atoms with Crippen LogP contribution in [-0.4, -0.2) is 26.2 Å². The van der Waals surface area contributed by atoms with Gasteiger partial charge in [0, 0.05) is 6.42 Å². The second-order valence-corrected chi connectivity index (χ2v) is 2.97. The molecule has 12 heavy (non-hydrogen) atoms. The minimum absolute atomic E-state index is 0. The fourth-order valence-corrected chi connectivity index (χ4v) is 1.40. The van der Waals surface area contributed by atoms with Gasteiger partial charge >= 0.3 is 5.97 Å². The molecule has 0 saturated carbocycles. The first-order chi connectivity index (χ1) is 5.33. The number of esters is 1. The van der Waals surface area contributed by atoms with Crippen molar-refractivity contribution in [3.8, 4) is 0 Å². The minimum atomic E-state index is -0.0723. The van der Waals surface area contributed by atoms with Crippen LogP contribution in [0, 0.1) is 5.92 Å². The van der Waals surface area contributed by atoms with E-state index in [4.69, 9.17) is 0 Å². The highest BCUT2D eigenvalue weighted by atomic mass is 35.5. The lowest BCUT2D eigenvalue weighted by Gasteiger charge is -2.20. The van der Waals surface area contributed by atoms with E-state index >= 15 is 0 Å². The zero-order valence-corrected chi connectivity index (χ0v) is 8.15. The van der Waals surface area contributed by atoms with Crippen LogP contribution in [0.1, 0.15) is 19.3 Å². The van der Waals surface area contributed by atoms with Crippen LogP contribution in [0.3, 0.4) is 0 Å². The van der Waals surface area contributed by atoms with Crippen LogP contribution in [0.5, 0.6) is 0 Å². The van der Waals surface area contributed by atoms with Gasteiger partial charge in [-0.2, -0.15) is 0 Å². The van der Waals surface area contributed by atoms with Gasteiger partial charge in [0.1, 0.15) is 0 Å². The molecule has 0 atom stereocenters. The molecule has 0 spiro atoms. The molecule has 0 radical (unpaired) electrons. The number of ether oxygens (including phenoxy) is 1. The van der Waals surface area contributed by atoms with Gasteiger partial charge in [-0.1, -0.05) is 0 Å². The summed E-state index contributed by atoms with van der Waals surface area (Å²) in [5.41, 5.74) is 0. The summed E-state index contributed by atoms with van der Waals surface area (Å²) in [6.07, 6.45) is 2.81. The van der Waals surface area contributed by atoms with Crippen LogP contribution in [0.15, 0.2) is 0 Å². The smallest absolute Gasteiger partial charge is 0.305 e. The SMILES string of the molecule is COC(=O)CC1CCNCC1.Cl. The van der Waals surface area contributed by atoms with Gasteiger partial charge in [0.05, 0.1) is 7.11 Å². The number of piperidine rings is 1. The first kappa shape index (κ1) is 11.7. The fraction of sp³-hybridized carbons (Fsp3) is 0.875. The summed E-state index contributed by atoms with van der Waals surface area (Å²) >= 11 is 0. The maximum Gasteiger partial charge on any atom is 0.305 e. The molecule has 0 aromatic carbocycles. The number of methoxy groups -OCH3 is 1. The predicted molar refractivity (Wildman–Crippen MR) is 49.5 cm³/mol. The van der Waals surface area contributed by atoms with Crippen LogP contribution in [0.4, 0.5) is 0 Å². The molecule has 1 aliphatic rings. The molecule has 1 N–H and O–H groups in total. The van der Waals surface area contributed by atoms with E-state index < -0.39 is 0 Å². The number of hydrogen-bond donors (Lipinski definition) is 1. The Morgan fingerprint density at radius 2 is 2.08 bits per heavy atom. The molecule has 4 heteroatoms. The average molecular weight is 194 g/mol. The largest absolute Gasteiger partial charge is 0.469 e. The molecule has 1 heterocycles. The molecule has 0 bridgehead atoms. The lowest BCUT2D eigenvalue weighted by Crippen LogP contribution is -2.29. The minimum Gasteiger partial charge on any atom is -0.469 e. The van der Waals surface area contributed by atoms with Gasteiger partial charge < -0.3 is 10.1 Å². The Labute approximate surface area is 79.3 Å². The first-order valence-electron chi connectivity index (χ1n) is 4.10. The summed E-state index contributed by atoms with van der Waals surface area (Å²) < 4.78 is 4.59. The zero-order valence-electron chi connectivity index (χ0n) is 7.34. The van der Waals surface area contributed by atoms with Gasteiger partial charge in [0.2, 0.25) is 0 Å². The van der Waals surface area contributed by atoms with E-state index in [2.05, 4.69) is 10.1 Å². The van der Waals surface area contributed by atoms with Gasteiger partial charge in [0.15, 0.2) is 0 Å². The summed E-state index contributed by atoms with van der Waals surface area (Å²) in [6, 6.07) is 0.